The molecular formula is C12H12ClN5. The maximum absolute atomic E-state index is 5.94. The van der Waals surface area contributed by atoms with Gasteiger partial charge in [-0.15, -0.1) is 0 Å². The van der Waals surface area contributed by atoms with Gasteiger partial charge in [0.2, 0.25) is 0 Å². The first-order valence-corrected chi connectivity index (χ1v) is 6.09. The highest BCUT2D eigenvalue weighted by Crippen LogP contribution is 2.23. The number of hydrogen-bond acceptors (Lipinski definition) is 3. The first kappa shape index (κ1) is 11.2. The summed E-state index contributed by atoms with van der Waals surface area (Å²) < 4.78 is 3.60. The molecule has 3 heterocycles. The predicted octanol–water partition coefficient (Wildman–Crippen LogP) is 2.37. The summed E-state index contributed by atoms with van der Waals surface area (Å²) >= 11 is 5.94. The molecule has 0 amide bonds. The monoisotopic (exact) mass is 261 g/mol. The van der Waals surface area contributed by atoms with Crippen LogP contribution in [0.15, 0.2) is 24.7 Å². The number of hydrogen-bond donors (Lipinski definition) is 0. The largest absolute Gasteiger partial charge is 0.274 e. The van der Waals surface area contributed by atoms with Crippen molar-refractivity contribution in [2.24, 2.45) is 7.05 Å². The smallest absolute Gasteiger partial charge is 0.129 e. The molecule has 0 saturated heterocycles. The van der Waals surface area contributed by atoms with E-state index in [1.807, 2.05) is 24.0 Å². The van der Waals surface area contributed by atoms with Crippen LogP contribution >= 0.6 is 11.6 Å². The topological polar surface area (TPSA) is 48.5 Å². The minimum atomic E-state index is 0.489. The molecule has 0 aliphatic carbocycles. The number of halogens is 1. The van der Waals surface area contributed by atoms with Crippen molar-refractivity contribution in [2.45, 2.75) is 13.3 Å². The average Bonchev–Trinajstić information content (AvgIpc) is 2.92. The van der Waals surface area contributed by atoms with E-state index in [1.165, 1.54) is 0 Å². The fourth-order valence-corrected chi connectivity index (χ4v) is 2.18. The van der Waals surface area contributed by atoms with Crippen molar-refractivity contribution < 1.29 is 0 Å². The van der Waals surface area contributed by atoms with Crippen LogP contribution in [0.1, 0.15) is 12.6 Å². The number of pyridine rings is 1. The molecule has 0 radical (unpaired) electrons. The van der Waals surface area contributed by atoms with E-state index < -0.39 is 0 Å². The second kappa shape index (κ2) is 4.10. The van der Waals surface area contributed by atoms with Gasteiger partial charge in [0.1, 0.15) is 10.8 Å². The second-order valence-corrected chi connectivity index (χ2v) is 4.50. The Hall–Kier alpha value is -1.88. The van der Waals surface area contributed by atoms with Crippen molar-refractivity contribution in [3.05, 3.63) is 35.5 Å². The molecule has 6 heteroatoms. The van der Waals surface area contributed by atoms with E-state index in [1.54, 1.807) is 17.1 Å². The summed E-state index contributed by atoms with van der Waals surface area (Å²) in [4.78, 5) is 4.13. The molecule has 5 nitrogen and oxygen atoms in total. The summed E-state index contributed by atoms with van der Waals surface area (Å²) in [6.07, 6.45) is 6.29. The van der Waals surface area contributed by atoms with Crippen molar-refractivity contribution in [3.63, 3.8) is 0 Å². The summed E-state index contributed by atoms with van der Waals surface area (Å²) in [5.74, 6) is 0. The van der Waals surface area contributed by atoms with Gasteiger partial charge in [-0.1, -0.05) is 18.5 Å². The van der Waals surface area contributed by atoms with E-state index in [0.29, 0.717) is 5.15 Å². The van der Waals surface area contributed by atoms with Crippen molar-refractivity contribution in [3.8, 4) is 5.69 Å². The van der Waals surface area contributed by atoms with Gasteiger partial charge in [0.25, 0.3) is 0 Å². The molecule has 3 aromatic heterocycles. The number of nitrogens with zero attached hydrogens (tertiary/aromatic N) is 5. The fraction of sp³-hybridized carbons (Fsp3) is 0.250. The lowest BCUT2D eigenvalue weighted by molar-refractivity contribution is 0.766. The highest BCUT2D eigenvalue weighted by Gasteiger charge is 2.12. The highest BCUT2D eigenvalue weighted by molar-refractivity contribution is 6.30. The third kappa shape index (κ3) is 1.67. The normalized spacial score (nSPS) is 11.3. The number of aromatic nitrogens is 5. The standard InChI is InChI=1S/C12H12ClN5/c1-3-10-9-4-12(13)14-6-11(9)18(16-10)8-5-15-17(2)7-8/h4-7H,3H2,1-2H3. The van der Waals surface area contributed by atoms with Crippen LogP contribution in [0, 0.1) is 0 Å². The maximum Gasteiger partial charge on any atom is 0.129 e. The Morgan fingerprint density at radius 3 is 2.83 bits per heavy atom. The van der Waals surface area contributed by atoms with Crippen molar-refractivity contribution in [1.82, 2.24) is 24.5 Å². The van der Waals surface area contributed by atoms with Crippen molar-refractivity contribution in [2.75, 3.05) is 0 Å². The minimum Gasteiger partial charge on any atom is -0.274 e. The number of rotatable bonds is 2. The van der Waals surface area contributed by atoms with E-state index in [4.69, 9.17) is 11.6 Å². The molecule has 3 aromatic rings. The molecule has 0 fully saturated rings. The maximum atomic E-state index is 5.94. The fourth-order valence-electron chi connectivity index (χ4n) is 2.03. The van der Waals surface area contributed by atoms with Gasteiger partial charge in [-0.25, -0.2) is 9.67 Å². The molecule has 3 rings (SSSR count). The molecule has 0 bridgehead atoms. The highest BCUT2D eigenvalue weighted by atomic mass is 35.5. The lowest BCUT2D eigenvalue weighted by Crippen LogP contribution is -1.95. The van der Waals surface area contributed by atoms with Crippen LogP contribution in [0.5, 0.6) is 0 Å². The third-order valence-corrected chi connectivity index (χ3v) is 3.09. The Labute approximate surface area is 109 Å². The number of fused-ring (bicyclic) bond motifs is 1. The van der Waals surface area contributed by atoms with Gasteiger partial charge >= 0.3 is 0 Å². The lowest BCUT2D eigenvalue weighted by Gasteiger charge is -1.98. The van der Waals surface area contributed by atoms with E-state index in [2.05, 4.69) is 22.1 Å². The zero-order valence-corrected chi connectivity index (χ0v) is 10.9. The Balaban J connectivity index is 2.30. The molecule has 0 aliphatic rings. The Morgan fingerprint density at radius 2 is 2.17 bits per heavy atom. The molecule has 0 N–H and O–H groups in total. The molecule has 0 aliphatic heterocycles. The Bertz CT molecular complexity index is 712. The zero-order valence-electron chi connectivity index (χ0n) is 10.1. The van der Waals surface area contributed by atoms with Gasteiger partial charge in [0, 0.05) is 12.4 Å². The van der Waals surface area contributed by atoms with Gasteiger partial charge in [-0.05, 0) is 12.5 Å². The summed E-state index contributed by atoms with van der Waals surface area (Å²) in [6, 6.07) is 1.86. The predicted molar refractivity (Wildman–Crippen MR) is 70.0 cm³/mol. The molecule has 0 unspecified atom stereocenters. The van der Waals surface area contributed by atoms with Crippen LogP contribution in [-0.2, 0) is 13.5 Å². The zero-order chi connectivity index (χ0) is 12.7. The number of aryl methyl sites for hydroxylation is 2. The summed E-state index contributed by atoms with van der Waals surface area (Å²) in [6.45, 7) is 2.07. The van der Waals surface area contributed by atoms with E-state index in [0.717, 1.165) is 28.7 Å². The molecule has 0 spiro atoms. The molecule has 18 heavy (non-hydrogen) atoms. The minimum absolute atomic E-state index is 0.489. The quantitative estimate of drug-likeness (QED) is 0.666. The van der Waals surface area contributed by atoms with Crippen LogP contribution < -0.4 is 0 Å². The first-order chi connectivity index (χ1) is 8.69. The third-order valence-electron chi connectivity index (χ3n) is 2.88. The molecule has 0 saturated carbocycles. The lowest BCUT2D eigenvalue weighted by atomic mass is 10.2. The van der Waals surface area contributed by atoms with Crippen molar-refractivity contribution >= 4 is 22.5 Å². The summed E-state index contributed by atoms with van der Waals surface area (Å²) in [7, 11) is 1.88. The van der Waals surface area contributed by atoms with E-state index in [-0.39, 0.29) is 0 Å². The Morgan fingerprint density at radius 1 is 1.33 bits per heavy atom. The van der Waals surface area contributed by atoms with Gasteiger partial charge in [0.05, 0.1) is 29.8 Å². The van der Waals surface area contributed by atoms with E-state index >= 15 is 0 Å². The Kier molecular flexibility index (Phi) is 2.56. The van der Waals surface area contributed by atoms with Crippen LogP contribution in [0.2, 0.25) is 5.15 Å². The van der Waals surface area contributed by atoms with E-state index in [9.17, 15) is 0 Å². The molecule has 92 valence electrons. The summed E-state index contributed by atoms with van der Waals surface area (Å²) in [5, 5.41) is 10.3. The SMILES string of the molecule is CCc1nn(-c2cnn(C)c2)c2cnc(Cl)cc12. The summed E-state index contributed by atoms with van der Waals surface area (Å²) in [5.41, 5.74) is 2.88. The van der Waals surface area contributed by atoms with Gasteiger partial charge in [-0.3, -0.25) is 4.68 Å². The molecule has 0 aromatic carbocycles. The van der Waals surface area contributed by atoms with Gasteiger partial charge in [0.15, 0.2) is 0 Å². The second-order valence-electron chi connectivity index (χ2n) is 4.11. The van der Waals surface area contributed by atoms with Crippen molar-refractivity contribution in [1.29, 1.82) is 0 Å². The van der Waals surface area contributed by atoms with Gasteiger partial charge in [-0.2, -0.15) is 10.2 Å². The molecular weight excluding hydrogens is 250 g/mol. The van der Waals surface area contributed by atoms with Crippen LogP contribution in [-0.4, -0.2) is 24.5 Å². The van der Waals surface area contributed by atoms with Crippen LogP contribution in [0.3, 0.4) is 0 Å². The average molecular weight is 262 g/mol. The van der Waals surface area contributed by atoms with Crippen LogP contribution in [0.4, 0.5) is 0 Å². The first-order valence-electron chi connectivity index (χ1n) is 5.71. The van der Waals surface area contributed by atoms with Crippen LogP contribution in [0.25, 0.3) is 16.6 Å². The van der Waals surface area contributed by atoms with Gasteiger partial charge < -0.3 is 0 Å². The molecule has 0 atom stereocenters.